The zero-order valence-electron chi connectivity index (χ0n) is 64.2. The molecule has 4 saturated carbocycles. The molecule has 9 nitrogen and oxygen atoms in total. The molecule has 16 rings (SSSR count). The van der Waals surface area contributed by atoms with Crippen LogP contribution in [0.3, 0.4) is 0 Å². The Morgan fingerprint density at radius 2 is 0.775 bits per heavy atom. The molecule has 14 bridgehead atoms. The van der Waals surface area contributed by atoms with Crippen LogP contribution in [0.5, 0.6) is 0 Å². The Morgan fingerprint density at radius 1 is 0.382 bits per heavy atom. The number of hydrogen-bond acceptors (Lipinski definition) is 9. The molecule has 12 heterocycles. The summed E-state index contributed by atoms with van der Waals surface area (Å²) in [6.45, 7) is 61.5. The fourth-order valence-corrected chi connectivity index (χ4v) is 20.2. The number of likely N-dealkylation sites (tertiary alicyclic amines) is 4. The maximum absolute atomic E-state index is 2.69. The van der Waals surface area contributed by atoms with Gasteiger partial charge in [0.15, 0.2) is 0 Å². The second-order valence-electron chi connectivity index (χ2n) is 39.1. The molecule has 16 atom stereocenters. The zero-order chi connectivity index (χ0) is 65.6. The van der Waals surface area contributed by atoms with Gasteiger partial charge in [-0.25, -0.2) is 0 Å². The normalized spacial score (nSPS) is 39.3. The van der Waals surface area contributed by atoms with E-state index in [0.717, 1.165) is 120 Å². The van der Waals surface area contributed by atoms with Gasteiger partial charge in [-0.2, -0.15) is 0 Å². The average Bonchev–Trinajstić information content (AvgIpc) is 1.82. The van der Waals surface area contributed by atoms with Gasteiger partial charge in [-0.15, -0.1) is 0 Å². The van der Waals surface area contributed by atoms with Crippen LogP contribution in [-0.2, 0) is 0 Å². The predicted octanol–water partition coefficient (Wildman–Crippen LogP) is 16.4. The van der Waals surface area contributed by atoms with Crippen molar-refractivity contribution >= 4 is 0 Å². The minimum atomic E-state index is 0.363. The third kappa shape index (κ3) is 18.7. The molecule has 0 aromatic carbocycles. The van der Waals surface area contributed by atoms with Gasteiger partial charge in [0, 0.05) is 136 Å². The molecule has 0 aromatic rings. The van der Waals surface area contributed by atoms with Gasteiger partial charge in [0.1, 0.15) is 0 Å². The zero-order valence-corrected chi connectivity index (χ0v) is 64.2. The minimum Gasteiger partial charge on any atom is -0.303 e. The summed E-state index contributed by atoms with van der Waals surface area (Å²) in [5, 5.41) is 0. The van der Waals surface area contributed by atoms with Crippen molar-refractivity contribution in [3.8, 4) is 0 Å². The van der Waals surface area contributed by atoms with E-state index in [1.165, 1.54) is 174 Å². The van der Waals surface area contributed by atoms with Crippen molar-refractivity contribution in [2.75, 3.05) is 94.1 Å². The van der Waals surface area contributed by atoms with Crippen LogP contribution in [0.1, 0.15) is 261 Å². The Bertz CT molecular complexity index is 2010. The first-order valence-corrected chi connectivity index (χ1v) is 38.6. The molecule has 9 heteroatoms. The van der Waals surface area contributed by atoms with Gasteiger partial charge in [0.05, 0.1) is 0 Å². The van der Waals surface area contributed by atoms with E-state index >= 15 is 0 Å². The second-order valence-corrected chi connectivity index (χ2v) is 39.1. The van der Waals surface area contributed by atoms with Crippen molar-refractivity contribution in [1.29, 1.82) is 0 Å². The molecule has 15 fully saturated rings. The largest absolute Gasteiger partial charge is 0.303 e. The number of likely N-dealkylation sites (N-methyl/N-ethyl adjacent to an activating group) is 3. The Balaban J connectivity index is 0.000000134. The number of rotatable bonds is 2. The van der Waals surface area contributed by atoms with Crippen molar-refractivity contribution in [1.82, 2.24) is 44.1 Å². The molecule has 11 saturated heterocycles. The summed E-state index contributed by atoms with van der Waals surface area (Å²) < 4.78 is 0. The van der Waals surface area contributed by atoms with Crippen LogP contribution >= 0.6 is 0 Å². The minimum absolute atomic E-state index is 0.363. The summed E-state index contributed by atoms with van der Waals surface area (Å²) in [6.07, 6.45) is 28.4. The van der Waals surface area contributed by atoms with Crippen LogP contribution in [0.25, 0.3) is 0 Å². The monoisotopic (exact) mass is 1240 g/mol. The lowest BCUT2D eigenvalue weighted by molar-refractivity contribution is -0.0406. The van der Waals surface area contributed by atoms with E-state index in [9.17, 15) is 0 Å². The predicted molar refractivity (Wildman–Crippen MR) is 386 cm³/mol. The summed E-state index contributed by atoms with van der Waals surface area (Å²) in [4.78, 5) is 23.6. The highest BCUT2D eigenvalue weighted by atomic mass is 15.3. The molecule has 0 spiro atoms. The van der Waals surface area contributed by atoms with Gasteiger partial charge in [-0.3, -0.25) is 34.3 Å². The molecular weight excluding hydrogens is 1090 g/mol. The van der Waals surface area contributed by atoms with Crippen LogP contribution < -0.4 is 0 Å². The van der Waals surface area contributed by atoms with E-state index in [2.05, 4.69) is 231 Å². The van der Waals surface area contributed by atoms with Gasteiger partial charge in [0.25, 0.3) is 0 Å². The average molecular weight is 1240 g/mol. The topological polar surface area (TPSA) is 29.2 Å². The van der Waals surface area contributed by atoms with Gasteiger partial charge in [0.2, 0.25) is 0 Å². The molecule has 0 N–H and O–H groups in total. The molecule has 89 heavy (non-hydrogen) atoms. The van der Waals surface area contributed by atoms with E-state index in [-0.39, 0.29) is 0 Å². The fraction of sp³-hybridized carbons (Fsp3) is 0.975. The van der Waals surface area contributed by atoms with Crippen molar-refractivity contribution in [2.45, 2.75) is 338 Å². The van der Waals surface area contributed by atoms with Crippen LogP contribution in [0, 0.1) is 70.0 Å². The van der Waals surface area contributed by atoms with Gasteiger partial charge in [-0.1, -0.05) is 87.3 Å². The molecule has 0 amide bonds. The quantitative estimate of drug-likeness (QED) is 0.251. The molecular formula is C80H153N9. The maximum Gasteiger partial charge on any atom is 0.0281 e. The van der Waals surface area contributed by atoms with Crippen LogP contribution in [0.4, 0.5) is 0 Å². The highest BCUT2D eigenvalue weighted by Crippen LogP contribution is 2.48. The number of nitrogens with zero attached hydrogens (tertiary/aromatic N) is 9. The highest BCUT2D eigenvalue weighted by Gasteiger charge is 2.47. The maximum atomic E-state index is 2.69. The third-order valence-corrected chi connectivity index (χ3v) is 27.9. The number of fused-ring (bicyclic) bond motifs is 15. The first-order valence-electron chi connectivity index (χ1n) is 38.6. The van der Waals surface area contributed by atoms with Crippen molar-refractivity contribution in [3.63, 3.8) is 0 Å². The van der Waals surface area contributed by atoms with Gasteiger partial charge < -0.3 is 9.80 Å². The van der Waals surface area contributed by atoms with Crippen LogP contribution in [0.15, 0.2) is 11.6 Å². The summed E-state index contributed by atoms with van der Waals surface area (Å²) in [5.74, 6) is 9.88. The Labute approximate surface area is 555 Å². The number of hydrogen-bond donors (Lipinski definition) is 0. The first kappa shape index (κ1) is 74.2. The van der Waals surface area contributed by atoms with Crippen LogP contribution in [-0.4, -0.2) is 215 Å². The summed E-state index contributed by atoms with van der Waals surface area (Å²) in [6, 6.07) is 8.45. The Hall–Kier alpha value is -0.620. The Kier molecular flexibility index (Phi) is 25.0. The standard InChI is InChI=1S/C12H21N.3C12H23N.2C11H22N2.C10H19N/c1-12(2,3)9-7-10-5-6-11(8-9)13(10)4;1-12(2,3)11-7-10-6-5-9(11)8-13(10)4;2*1-9-10-5-6-11(9)8-13(7-10)12(2,3)4;1-11(2,3)13-7-9-5-6-10(8-13)12(9)4;1-9(2)13-7-10-5-4-6-11(8-13)12(10)3;1-7(2)8-4-9-6-10(5-8)11(9)3/h7,10-11H,5-6,8H2,1-4H3;3*9-11H,5-8H2,1-4H3;9-10H,5-8H2,1-4H3;9-11H,4-8H2,1-3H3;7-10H,4-6H2,1-3H3/t;;9?,10-,11+;;;;. The SMILES string of the molecule is CC(C)C1CC2CC(C1)N2C.CC(C)N1CC2CCCC(C1)N2C.CC1C2CCC1CN(C(C)(C)C)C2.CC1[C@@H]2CC[C@H]1CN(C(C)(C)C)C2.CN1C2C=C(C(C)(C)C)CC1CC2.CN1C2CCC1CN(C(C)(C)C)C2.CN1CC2CCC1CC2C(C)(C)C. The second kappa shape index (κ2) is 30.0. The summed E-state index contributed by atoms with van der Waals surface area (Å²) in [5.41, 5.74) is 3.75. The van der Waals surface area contributed by atoms with E-state index in [0.29, 0.717) is 27.4 Å². The molecule has 14 unspecified atom stereocenters. The molecule has 518 valence electrons. The van der Waals surface area contributed by atoms with Crippen molar-refractivity contribution in [3.05, 3.63) is 11.6 Å². The lowest BCUT2D eigenvalue weighted by Gasteiger charge is -2.54. The lowest BCUT2D eigenvalue weighted by atomic mass is 9.62. The number of piperazine rings is 2. The molecule has 0 aromatic heterocycles. The Morgan fingerprint density at radius 3 is 1.12 bits per heavy atom. The van der Waals surface area contributed by atoms with Gasteiger partial charge >= 0.3 is 0 Å². The summed E-state index contributed by atoms with van der Waals surface area (Å²) >= 11 is 0. The molecule has 0 radical (unpaired) electrons. The van der Waals surface area contributed by atoms with E-state index < -0.39 is 0 Å². The first-order chi connectivity index (χ1) is 41.3. The van der Waals surface area contributed by atoms with Gasteiger partial charge in [-0.05, 0) is 291 Å². The molecule has 12 aliphatic heterocycles. The number of piperidine rings is 6. The van der Waals surface area contributed by atoms with Crippen molar-refractivity contribution < 1.29 is 0 Å². The van der Waals surface area contributed by atoms with E-state index in [1.807, 2.05) is 0 Å². The third-order valence-electron chi connectivity index (χ3n) is 27.9. The van der Waals surface area contributed by atoms with E-state index in [4.69, 9.17) is 0 Å². The lowest BCUT2D eigenvalue weighted by Crippen LogP contribution is -2.60. The van der Waals surface area contributed by atoms with Crippen LogP contribution in [0.2, 0.25) is 0 Å². The van der Waals surface area contributed by atoms with E-state index in [1.54, 1.807) is 5.57 Å². The smallest absolute Gasteiger partial charge is 0.0281 e. The molecule has 4 aliphatic carbocycles. The summed E-state index contributed by atoms with van der Waals surface area (Å²) in [7, 11) is 11.5. The molecule has 16 aliphatic rings. The fourth-order valence-electron chi connectivity index (χ4n) is 20.2. The highest BCUT2D eigenvalue weighted by molar-refractivity contribution is 5.22. The van der Waals surface area contributed by atoms with Crippen molar-refractivity contribution in [2.24, 2.45) is 70.0 Å².